The van der Waals surface area contributed by atoms with Crippen molar-refractivity contribution in [1.29, 1.82) is 0 Å². The standard InChI is InChI=1S/C26H44ClN3S/c1-2-3-4-5-6-7-8-9-10-11-12-13-14-15-16-17-22-28-26(31)30-29-23-24-18-20-25(27)21-19-24/h18-21,23H,2-17,22H2,1H3,(H2,28,30,31)/b29-23-. The fourth-order valence-corrected chi connectivity index (χ4v) is 3.91. The number of hydrogen-bond donors (Lipinski definition) is 2. The molecule has 0 heterocycles. The molecule has 0 amide bonds. The third-order valence-electron chi connectivity index (χ3n) is 5.57. The van der Waals surface area contributed by atoms with Crippen molar-refractivity contribution in [3.05, 3.63) is 34.9 Å². The first-order chi connectivity index (χ1) is 15.2. The molecule has 0 aliphatic carbocycles. The zero-order valence-electron chi connectivity index (χ0n) is 19.6. The van der Waals surface area contributed by atoms with Crippen LogP contribution < -0.4 is 10.7 Å². The molecule has 5 heteroatoms. The van der Waals surface area contributed by atoms with Crippen LogP contribution in [0.4, 0.5) is 0 Å². The molecule has 3 nitrogen and oxygen atoms in total. The number of nitrogens with one attached hydrogen (secondary N) is 2. The predicted molar refractivity (Wildman–Crippen MR) is 142 cm³/mol. The van der Waals surface area contributed by atoms with Crippen molar-refractivity contribution in [2.45, 2.75) is 110 Å². The highest BCUT2D eigenvalue weighted by atomic mass is 35.5. The summed E-state index contributed by atoms with van der Waals surface area (Å²) in [5.41, 5.74) is 3.84. The predicted octanol–water partition coefficient (Wildman–Crippen LogP) is 8.40. The molecule has 0 saturated heterocycles. The first-order valence-corrected chi connectivity index (χ1v) is 13.3. The van der Waals surface area contributed by atoms with E-state index < -0.39 is 0 Å². The molecule has 1 aromatic carbocycles. The number of rotatable bonds is 19. The van der Waals surface area contributed by atoms with Crippen molar-refractivity contribution in [2.24, 2.45) is 5.10 Å². The van der Waals surface area contributed by atoms with Crippen molar-refractivity contribution in [1.82, 2.24) is 10.7 Å². The summed E-state index contributed by atoms with van der Waals surface area (Å²) in [6.45, 7) is 3.19. The number of unbranched alkanes of at least 4 members (excludes halogenated alkanes) is 15. The van der Waals surface area contributed by atoms with E-state index in [-0.39, 0.29) is 0 Å². The number of thiocarbonyl (C=S) groups is 1. The number of benzene rings is 1. The molecule has 0 aliphatic rings. The van der Waals surface area contributed by atoms with E-state index in [0.29, 0.717) is 5.11 Å². The Balaban J connectivity index is 1.80. The van der Waals surface area contributed by atoms with E-state index in [1.54, 1.807) is 6.21 Å². The maximum absolute atomic E-state index is 5.87. The number of hydrogen-bond acceptors (Lipinski definition) is 2. The minimum absolute atomic E-state index is 0.575. The molecular formula is C26H44ClN3S. The molecular weight excluding hydrogens is 422 g/mol. The molecule has 0 aromatic heterocycles. The van der Waals surface area contributed by atoms with Crippen molar-refractivity contribution >= 4 is 35.1 Å². The third kappa shape index (κ3) is 18.2. The van der Waals surface area contributed by atoms with Gasteiger partial charge in [-0.25, -0.2) is 0 Å². The largest absolute Gasteiger partial charge is 0.361 e. The van der Waals surface area contributed by atoms with Gasteiger partial charge in [-0.15, -0.1) is 0 Å². The first kappa shape index (κ1) is 27.9. The fraction of sp³-hybridized carbons (Fsp3) is 0.692. The Bertz CT molecular complexity index is 575. The highest BCUT2D eigenvalue weighted by molar-refractivity contribution is 7.80. The van der Waals surface area contributed by atoms with Crippen LogP contribution in [0.3, 0.4) is 0 Å². The van der Waals surface area contributed by atoms with Crippen LogP contribution in [0.25, 0.3) is 0 Å². The summed E-state index contributed by atoms with van der Waals surface area (Å²) in [7, 11) is 0. The zero-order chi connectivity index (χ0) is 22.4. The molecule has 0 radical (unpaired) electrons. The van der Waals surface area contributed by atoms with Gasteiger partial charge < -0.3 is 5.32 Å². The van der Waals surface area contributed by atoms with Gasteiger partial charge in [-0.3, -0.25) is 5.43 Å². The maximum Gasteiger partial charge on any atom is 0.186 e. The normalized spacial score (nSPS) is 11.2. The van der Waals surface area contributed by atoms with Gasteiger partial charge in [0.2, 0.25) is 0 Å². The molecule has 1 aromatic rings. The molecule has 0 saturated carbocycles. The summed E-state index contributed by atoms with van der Waals surface area (Å²) >= 11 is 11.1. The van der Waals surface area contributed by atoms with Gasteiger partial charge in [0.25, 0.3) is 0 Å². The van der Waals surface area contributed by atoms with Crippen LogP contribution in [-0.4, -0.2) is 17.9 Å². The topological polar surface area (TPSA) is 36.4 Å². The molecule has 0 bridgehead atoms. The lowest BCUT2D eigenvalue weighted by molar-refractivity contribution is 0.529. The van der Waals surface area contributed by atoms with Gasteiger partial charge in [-0.05, 0) is 36.3 Å². The molecule has 0 unspecified atom stereocenters. The lowest BCUT2D eigenvalue weighted by Gasteiger charge is -2.07. The van der Waals surface area contributed by atoms with Crippen molar-refractivity contribution in [3.63, 3.8) is 0 Å². The van der Waals surface area contributed by atoms with Crippen LogP contribution >= 0.6 is 23.8 Å². The van der Waals surface area contributed by atoms with Gasteiger partial charge in [0.15, 0.2) is 5.11 Å². The van der Waals surface area contributed by atoms with Gasteiger partial charge in [0, 0.05) is 11.6 Å². The van der Waals surface area contributed by atoms with Crippen molar-refractivity contribution in [3.8, 4) is 0 Å². The second-order valence-electron chi connectivity index (χ2n) is 8.48. The molecule has 176 valence electrons. The summed E-state index contributed by atoms with van der Waals surface area (Å²) in [5.74, 6) is 0. The average Bonchev–Trinajstić information content (AvgIpc) is 2.77. The summed E-state index contributed by atoms with van der Waals surface area (Å²) in [6.07, 6.45) is 24.0. The van der Waals surface area contributed by atoms with Crippen LogP contribution in [0.2, 0.25) is 5.02 Å². The Hall–Kier alpha value is -1.13. The maximum atomic E-state index is 5.87. The summed E-state index contributed by atoms with van der Waals surface area (Å²) in [5, 5.41) is 8.66. The highest BCUT2D eigenvalue weighted by Crippen LogP contribution is 2.13. The van der Waals surface area contributed by atoms with E-state index in [0.717, 1.165) is 23.6 Å². The van der Waals surface area contributed by atoms with E-state index in [4.69, 9.17) is 23.8 Å². The van der Waals surface area contributed by atoms with Crippen LogP contribution in [0.1, 0.15) is 115 Å². The Morgan fingerprint density at radius 2 is 1.23 bits per heavy atom. The van der Waals surface area contributed by atoms with E-state index >= 15 is 0 Å². The quantitative estimate of drug-likeness (QED) is 0.0931. The van der Waals surface area contributed by atoms with Gasteiger partial charge in [0.1, 0.15) is 0 Å². The number of hydrazone groups is 1. The Morgan fingerprint density at radius 3 is 1.71 bits per heavy atom. The average molecular weight is 466 g/mol. The lowest BCUT2D eigenvalue weighted by atomic mass is 10.0. The number of halogens is 1. The van der Waals surface area contributed by atoms with E-state index in [2.05, 4.69) is 22.8 Å². The molecule has 31 heavy (non-hydrogen) atoms. The van der Waals surface area contributed by atoms with E-state index in [1.165, 1.54) is 96.3 Å². The Morgan fingerprint density at radius 1 is 0.774 bits per heavy atom. The second kappa shape index (κ2) is 20.8. The van der Waals surface area contributed by atoms with Gasteiger partial charge in [-0.2, -0.15) is 5.10 Å². The van der Waals surface area contributed by atoms with Crippen LogP contribution in [0.15, 0.2) is 29.4 Å². The van der Waals surface area contributed by atoms with E-state index in [9.17, 15) is 0 Å². The van der Waals surface area contributed by atoms with Crippen LogP contribution in [-0.2, 0) is 0 Å². The molecule has 2 N–H and O–H groups in total. The summed E-state index contributed by atoms with van der Waals surface area (Å²) < 4.78 is 0. The zero-order valence-corrected chi connectivity index (χ0v) is 21.2. The fourth-order valence-electron chi connectivity index (χ4n) is 3.63. The molecule has 0 fully saturated rings. The SMILES string of the molecule is CCCCCCCCCCCCCCCCCCNC(=S)N/N=C\c1ccc(Cl)cc1. The highest BCUT2D eigenvalue weighted by Gasteiger charge is 1.96. The Labute approximate surface area is 201 Å². The second-order valence-corrected chi connectivity index (χ2v) is 9.33. The molecule has 0 spiro atoms. The molecule has 1 rings (SSSR count). The smallest absolute Gasteiger partial charge is 0.186 e. The first-order valence-electron chi connectivity index (χ1n) is 12.5. The third-order valence-corrected chi connectivity index (χ3v) is 6.05. The molecule has 0 atom stereocenters. The van der Waals surface area contributed by atoms with Crippen LogP contribution in [0, 0.1) is 0 Å². The van der Waals surface area contributed by atoms with Crippen LogP contribution in [0.5, 0.6) is 0 Å². The molecule has 0 aliphatic heterocycles. The Kier molecular flexibility index (Phi) is 18.7. The van der Waals surface area contributed by atoms with Gasteiger partial charge in [0.05, 0.1) is 6.21 Å². The van der Waals surface area contributed by atoms with Gasteiger partial charge in [-0.1, -0.05) is 127 Å². The minimum atomic E-state index is 0.575. The minimum Gasteiger partial charge on any atom is -0.361 e. The van der Waals surface area contributed by atoms with Crippen molar-refractivity contribution < 1.29 is 0 Å². The van der Waals surface area contributed by atoms with E-state index in [1.807, 2.05) is 24.3 Å². The summed E-state index contributed by atoms with van der Waals surface area (Å²) in [4.78, 5) is 0. The lowest BCUT2D eigenvalue weighted by Crippen LogP contribution is -2.32. The van der Waals surface area contributed by atoms with Gasteiger partial charge >= 0.3 is 0 Å². The monoisotopic (exact) mass is 465 g/mol. The number of nitrogens with zero attached hydrogens (tertiary/aromatic N) is 1. The van der Waals surface area contributed by atoms with Crippen molar-refractivity contribution in [2.75, 3.05) is 6.54 Å². The summed E-state index contributed by atoms with van der Waals surface area (Å²) in [6, 6.07) is 7.52.